The van der Waals surface area contributed by atoms with E-state index in [2.05, 4.69) is 6.58 Å². The molecule has 6 rings (SSSR count). The standard InChI is InChI=1S/C47H28F18O2/c1-16(2)47(7,26-37(58)29(50)21(30(51)38(26)59)23-31(52)39(60)41(62)40(61)32(23)53)67-20-14-10-18(11-15-20)45(3,4)17-8-12-19(13-9-17)66-44-42(63)33(54)24(34(55)43(44)64)22-27(48)35(56)25(46(5,6)65)36(57)28(22)49/h8-15H,1H2,2-7H3. The molecule has 0 heterocycles. The lowest BCUT2D eigenvalue weighted by Crippen LogP contribution is -2.34. The van der Waals surface area contributed by atoms with Crippen molar-refractivity contribution >= 4 is 0 Å². The minimum atomic E-state index is -3.06. The molecule has 67 heavy (non-hydrogen) atoms. The summed E-state index contributed by atoms with van der Waals surface area (Å²) in [6.07, 6.45) is 0. The summed E-state index contributed by atoms with van der Waals surface area (Å²) >= 11 is 0. The number of hydrogen-bond donors (Lipinski definition) is 0. The average Bonchev–Trinajstić information content (AvgIpc) is 3.26. The normalized spacial score (nSPS) is 13.0. The van der Waals surface area contributed by atoms with E-state index in [9.17, 15) is 43.9 Å². The van der Waals surface area contributed by atoms with Crippen molar-refractivity contribution in [1.82, 2.24) is 0 Å². The van der Waals surface area contributed by atoms with E-state index in [0.29, 0.717) is 25.0 Å². The van der Waals surface area contributed by atoms with E-state index in [1.165, 1.54) is 36.4 Å². The number of halogens is 18. The number of hydrogen-bond acceptors (Lipinski definition) is 2. The van der Waals surface area contributed by atoms with Crippen molar-refractivity contribution in [1.29, 1.82) is 0 Å². The molecular formula is C47H28F18O2. The first-order valence-corrected chi connectivity index (χ1v) is 19.0. The minimum absolute atomic E-state index is 0.242. The van der Waals surface area contributed by atoms with Gasteiger partial charge in [0.05, 0.1) is 33.4 Å². The van der Waals surface area contributed by atoms with E-state index < -0.39 is 160 Å². The molecular weight excluding hydrogens is 938 g/mol. The van der Waals surface area contributed by atoms with Gasteiger partial charge >= 0.3 is 0 Å². The molecule has 0 aromatic heterocycles. The Morgan fingerprint density at radius 3 is 1.00 bits per heavy atom. The Balaban J connectivity index is 1.28. The van der Waals surface area contributed by atoms with Gasteiger partial charge in [-0.3, -0.25) is 0 Å². The Kier molecular flexibility index (Phi) is 12.8. The third-order valence-electron chi connectivity index (χ3n) is 11.0. The van der Waals surface area contributed by atoms with Gasteiger partial charge in [0.25, 0.3) is 0 Å². The third kappa shape index (κ3) is 8.00. The van der Waals surface area contributed by atoms with Gasteiger partial charge < -0.3 is 9.47 Å². The van der Waals surface area contributed by atoms with Crippen LogP contribution in [0.3, 0.4) is 0 Å². The zero-order chi connectivity index (χ0) is 50.3. The highest BCUT2D eigenvalue weighted by molar-refractivity contribution is 5.70. The van der Waals surface area contributed by atoms with Gasteiger partial charge in [-0.1, -0.05) is 44.7 Å². The van der Waals surface area contributed by atoms with E-state index in [1.54, 1.807) is 13.8 Å². The van der Waals surface area contributed by atoms with Gasteiger partial charge in [0.2, 0.25) is 23.2 Å². The van der Waals surface area contributed by atoms with Crippen LogP contribution in [0.4, 0.5) is 79.0 Å². The van der Waals surface area contributed by atoms with Crippen molar-refractivity contribution in [3.8, 4) is 39.5 Å². The molecule has 0 saturated heterocycles. The molecule has 6 aromatic carbocycles. The second-order valence-electron chi connectivity index (χ2n) is 16.1. The molecule has 0 aliphatic carbocycles. The summed E-state index contributed by atoms with van der Waals surface area (Å²) in [6.45, 7) is 9.86. The summed E-state index contributed by atoms with van der Waals surface area (Å²) in [4.78, 5) is 0. The van der Waals surface area contributed by atoms with Crippen LogP contribution in [0, 0.1) is 98.9 Å². The van der Waals surface area contributed by atoms with Gasteiger partial charge in [-0.05, 0) is 68.7 Å². The third-order valence-corrected chi connectivity index (χ3v) is 11.0. The van der Waals surface area contributed by atoms with Crippen LogP contribution in [0.15, 0.2) is 60.7 Å². The predicted molar refractivity (Wildman–Crippen MR) is 205 cm³/mol. The lowest BCUT2D eigenvalue weighted by atomic mass is 9.78. The zero-order valence-corrected chi connectivity index (χ0v) is 34.9. The van der Waals surface area contributed by atoms with Gasteiger partial charge in [-0.2, -0.15) is 8.78 Å². The maximum absolute atomic E-state index is 15.8. The van der Waals surface area contributed by atoms with E-state index in [0.717, 1.165) is 26.0 Å². The number of ether oxygens (including phenoxy) is 2. The molecule has 0 aliphatic rings. The fourth-order valence-electron chi connectivity index (χ4n) is 7.14. The Morgan fingerprint density at radius 1 is 0.388 bits per heavy atom. The molecule has 1 atom stereocenters. The molecule has 0 fully saturated rings. The SMILES string of the molecule is C=C(C)C(C)(Oc1ccc(C(C)(C)c2ccc(Oc3c(F)c(F)c(-c4c(F)c(F)c(C(C)(C)F)c(F)c4F)c(F)c3F)cc2)cc1)c1c(F)c(F)c(-c2c(F)c(F)c(F)c(F)c2F)c(F)c1F. The Bertz CT molecular complexity index is 2910. The van der Waals surface area contributed by atoms with Crippen molar-refractivity contribution < 1.29 is 88.5 Å². The van der Waals surface area contributed by atoms with Crippen LogP contribution in [-0.4, -0.2) is 0 Å². The highest BCUT2D eigenvalue weighted by Gasteiger charge is 2.43. The average molecular weight is 967 g/mol. The fraction of sp³-hybridized carbons (Fsp3) is 0.191. The van der Waals surface area contributed by atoms with Crippen LogP contribution < -0.4 is 9.47 Å². The van der Waals surface area contributed by atoms with Crippen LogP contribution in [0.2, 0.25) is 0 Å². The van der Waals surface area contributed by atoms with Crippen LogP contribution in [0.1, 0.15) is 63.8 Å². The second kappa shape index (κ2) is 17.2. The van der Waals surface area contributed by atoms with Gasteiger partial charge in [0.1, 0.15) is 17.2 Å². The van der Waals surface area contributed by atoms with Crippen LogP contribution >= 0.6 is 0 Å². The van der Waals surface area contributed by atoms with Gasteiger partial charge in [0.15, 0.2) is 87.0 Å². The number of benzene rings is 6. The van der Waals surface area contributed by atoms with Crippen molar-refractivity contribution in [2.75, 3.05) is 0 Å². The van der Waals surface area contributed by atoms with Gasteiger partial charge in [-0.25, -0.2) is 70.2 Å². The molecule has 0 N–H and O–H groups in total. The van der Waals surface area contributed by atoms with Gasteiger partial charge in [-0.15, -0.1) is 0 Å². The molecule has 0 radical (unpaired) electrons. The molecule has 0 saturated carbocycles. The van der Waals surface area contributed by atoms with Crippen LogP contribution in [0.25, 0.3) is 22.3 Å². The molecule has 20 heteroatoms. The molecule has 0 aliphatic heterocycles. The maximum Gasteiger partial charge on any atom is 0.205 e. The predicted octanol–water partition coefficient (Wildman–Crippen LogP) is 15.6. The molecule has 0 amide bonds. The van der Waals surface area contributed by atoms with E-state index in [-0.39, 0.29) is 11.3 Å². The first kappa shape index (κ1) is 49.8. The molecule has 6 aromatic rings. The first-order valence-electron chi connectivity index (χ1n) is 19.0. The summed E-state index contributed by atoms with van der Waals surface area (Å²) in [5.74, 6) is -45.6. The summed E-state index contributed by atoms with van der Waals surface area (Å²) in [7, 11) is 0. The summed E-state index contributed by atoms with van der Waals surface area (Å²) in [6, 6.07) is 9.98. The number of alkyl halides is 1. The van der Waals surface area contributed by atoms with E-state index >= 15 is 35.1 Å². The summed E-state index contributed by atoms with van der Waals surface area (Å²) in [5, 5.41) is 0. The smallest absolute Gasteiger partial charge is 0.205 e. The van der Waals surface area contributed by atoms with Gasteiger partial charge in [0, 0.05) is 5.41 Å². The second-order valence-corrected chi connectivity index (χ2v) is 16.1. The van der Waals surface area contributed by atoms with E-state index in [1.807, 2.05) is 0 Å². The topological polar surface area (TPSA) is 18.5 Å². The van der Waals surface area contributed by atoms with Crippen molar-refractivity contribution in [3.63, 3.8) is 0 Å². The number of rotatable bonds is 11. The Hall–Kier alpha value is -6.60. The summed E-state index contributed by atoms with van der Waals surface area (Å²) in [5.41, 5.74) is -18.4. The van der Waals surface area contributed by atoms with Crippen molar-refractivity contribution in [2.45, 2.75) is 58.2 Å². The fourth-order valence-corrected chi connectivity index (χ4v) is 7.14. The Morgan fingerprint density at radius 2 is 0.672 bits per heavy atom. The Labute approximate surface area is 367 Å². The maximum atomic E-state index is 15.8. The lowest BCUT2D eigenvalue weighted by Gasteiger charge is -2.33. The zero-order valence-electron chi connectivity index (χ0n) is 34.9. The molecule has 1 unspecified atom stereocenters. The molecule has 0 spiro atoms. The van der Waals surface area contributed by atoms with Crippen LogP contribution in [0.5, 0.6) is 17.2 Å². The van der Waals surface area contributed by atoms with Crippen molar-refractivity contribution in [3.05, 3.63) is 182 Å². The largest absolute Gasteiger partial charge is 0.478 e. The lowest BCUT2D eigenvalue weighted by molar-refractivity contribution is 0.116. The molecule has 0 bridgehead atoms. The van der Waals surface area contributed by atoms with Crippen molar-refractivity contribution in [2.24, 2.45) is 0 Å². The minimum Gasteiger partial charge on any atom is -0.478 e. The quantitative estimate of drug-likeness (QED) is 0.0557. The highest BCUT2D eigenvalue weighted by Crippen LogP contribution is 2.46. The van der Waals surface area contributed by atoms with Crippen LogP contribution in [-0.2, 0) is 16.7 Å². The van der Waals surface area contributed by atoms with E-state index in [4.69, 9.17) is 9.47 Å². The summed E-state index contributed by atoms with van der Waals surface area (Å²) < 4.78 is 278. The highest BCUT2D eigenvalue weighted by atomic mass is 19.2. The monoisotopic (exact) mass is 966 g/mol. The molecule has 354 valence electrons. The molecule has 2 nitrogen and oxygen atoms in total. The first-order chi connectivity index (χ1) is 30.9.